The number of ether oxygens (including phenoxy) is 2. The van der Waals surface area contributed by atoms with Gasteiger partial charge < -0.3 is 9.47 Å². The second-order valence-electron chi connectivity index (χ2n) is 5.57. The van der Waals surface area contributed by atoms with Gasteiger partial charge in [0, 0.05) is 10.9 Å². The molecule has 0 aliphatic carbocycles. The predicted molar refractivity (Wildman–Crippen MR) is 99.5 cm³/mol. The van der Waals surface area contributed by atoms with Gasteiger partial charge in [0.1, 0.15) is 11.5 Å². The third-order valence-electron chi connectivity index (χ3n) is 3.49. The van der Waals surface area contributed by atoms with E-state index in [0.29, 0.717) is 22.1 Å². The number of carbonyl (C=O) groups is 1. The minimum atomic E-state index is -2.93. The van der Waals surface area contributed by atoms with Crippen molar-refractivity contribution in [2.24, 2.45) is 0 Å². The van der Waals surface area contributed by atoms with Gasteiger partial charge in [-0.2, -0.15) is 8.78 Å². The standard InChI is InChI=1S/C19H16F2N2O3S/c1-12-5-4-6-13(9-12)25-10-17(24)23-19-22-15(11-27-19)14-7-2-3-8-16(14)26-18(20)21/h2-9,11,18H,10H2,1H3,(H,22,23,24). The van der Waals surface area contributed by atoms with E-state index in [-0.39, 0.29) is 18.3 Å². The Morgan fingerprint density at radius 2 is 2.04 bits per heavy atom. The fourth-order valence-corrected chi connectivity index (χ4v) is 3.07. The highest BCUT2D eigenvalue weighted by molar-refractivity contribution is 7.14. The van der Waals surface area contributed by atoms with Crippen molar-refractivity contribution in [3.8, 4) is 22.8 Å². The van der Waals surface area contributed by atoms with Crippen LogP contribution < -0.4 is 14.8 Å². The molecule has 27 heavy (non-hydrogen) atoms. The van der Waals surface area contributed by atoms with Gasteiger partial charge in [-0.3, -0.25) is 10.1 Å². The van der Waals surface area contributed by atoms with Crippen molar-refractivity contribution in [3.05, 3.63) is 59.5 Å². The van der Waals surface area contributed by atoms with Gasteiger partial charge in [-0.15, -0.1) is 11.3 Å². The van der Waals surface area contributed by atoms with Crippen LogP contribution in [-0.2, 0) is 4.79 Å². The maximum atomic E-state index is 12.5. The van der Waals surface area contributed by atoms with Gasteiger partial charge in [0.2, 0.25) is 0 Å². The fourth-order valence-electron chi connectivity index (χ4n) is 2.34. The molecule has 3 aromatic rings. The average molecular weight is 390 g/mol. The topological polar surface area (TPSA) is 60.5 Å². The molecule has 1 N–H and O–H groups in total. The molecule has 0 saturated carbocycles. The van der Waals surface area contributed by atoms with E-state index >= 15 is 0 Å². The molecule has 5 nitrogen and oxygen atoms in total. The third kappa shape index (κ3) is 5.24. The van der Waals surface area contributed by atoms with Crippen LogP contribution in [0.2, 0.25) is 0 Å². The molecule has 0 fully saturated rings. The number of aryl methyl sites for hydroxylation is 1. The molecular weight excluding hydrogens is 374 g/mol. The maximum absolute atomic E-state index is 12.5. The molecule has 0 unspecified atom stereocenters. The summed E-state index contributed by atoms with van der Waals surface area (Å²) in [6, 6.07) is 13.7. The fraction of sp³-hybridized carbons (Fsp3) is 0.158. The first kappa shape index (κ1) is 18.8. The van der Waals surface area contributed by atoms with Crippen LogP contribution >= 0.6 is 11.3 Å². The molecule has 1 amide bonds. The number of amides is 1. The van der Waals surface area contributed by atoms with E-state index in [2.05, 4.69) is 15.0 Å². The monoisotopic (exact) mass is 390 g/mol. The SMILES string of the molecule is Cc1cccc(OCC(=O)Nc2nc(-c3ccccc3OC(F)F)cs2)c1. The number of nitrogens with zero attached hydrogens (tertiary/aromatic N) is 1. The molecular formula is C19H16F2N2O3S. The number of alkyl halides is 2. The number of benzene rings is 2. The van der Waals surface area contributed by atoms with Crippen molar-refractivity contribution in [1.82, 2.24) is 4.98 Å². The number of aromatic nitrogens is 1. The van der Waals surface area contributed by atoms with E-state index < -0.39 is 6.61 Å². The van der Waals surface area contributed by atoms with Gasteiger partial charge >= 0.3 is 6.61 Å². The van der Waals surface area contributed by atoms with Crippen molar-refractivity contribution >= 4 is 22.4 Å². The molecule has 2 aromatic carbocycles. The Morgan fingerprint density at radius 1 is 1.22 bits per heavy atom. The minimum absolute atomic E-state index is 0.0263. The molecule has 0 aliphatic heterocycles. The highest BCUT2D eigenvalue weighted by atomic mass is 32.1. The molecule has 0 spiro atoms. The normalized spacial score (nSPS) is 10.7. The van der Waals surface area contributed by atoms with Gasteiger partial charge in [0.15, 0.2) is 11.7 Å². The van der Waals surface area contributed by atoms with Crippen LogP contribution in [0.4, 0.5) is 13.9 Å². The molecule has 0 radical (unpaired) electrons. The molecule has 1 aromatic heterocycles. The van der Waals surface area contributed by atoms with E-state index in [0.717, 1.165) is 5.56 Å². The van der Waals surface area contributed by atoms with E-state index in [1.165, 1.54) is 17.4 Å². The number of anilines is 1. The van der Waals surface area contributed by atoms with Crippen molar-refractivity contribution in [1.29, 1.82) is 0 Å². The van der Waals surface area contributed by atoms with E-state index in [1.807, 2.05) is 25.1 Å². The van der Waals surface area contributed by atoms with Gasteiger partial charge in [-0.25, -0.2) is 4.98 Å². The zero-order valence-corrected chi connectivity index (χ0v) is 15.1. The summed E-state index contributed by atoms with van der Waals surface area (Å²) >= 11 is 1.18. The van der Waals surface area contributed by atoms with Gasteiger partial charge in [0.05, 0.1) is 5.69 Å². The van der Waals surface area contributed by atoms with Crippen LogP contribution in [0, 0.1) is 6.92 Å². The van der Waals surface area contributed by atoms with E-state index in [9.17, 15) is 13.6 Å². The van der Waals surface area contributed by atoms with Gasteiger partial charge in [-0.1, -0.05) is 24.3 Å². The number of hydrogen-bond donors (Lipinski definition) is 1. The van der Waals surface area contributed by atoms with Crippen molar-refractivity contribution in [2.45, 2.75) is 13.5 Å². The van der Waals surface area contributed by atoms with Crippen molar-refractivity contribution < 1.29 is 23.0 Å². The van der Waals surface area contributed by atoms with Crippen LogP contribution in [0.15, 0.2) is 53.9 Å². The Balaban J connectivity index is 1.63. The summed E-state index contributed by atoms with van der Waals surface area (Å²) in [6.45, 7) is -1.16. The van der Waals surface area contributed by atoms with E-state index in [4.69, 9.17) is 4.74 Å². The summed E-state index contributed by atoms with van der Waals surface area (Å²) in [4.78, 5) is 16.3. The smallest absolute Gasteiger partial charge is 0.387 e. The summed E-state index contributed by atoms with van der Waals surface area (Å²) in [5.41, 5.74) is 1.89. The second-order valence-corrected chi connectivity index (χ2v) is 6.42. The summed E-state index contributed by atoms with van der Waals surface area (Å²) < 4.78 is 35.0. The Hall–Kier alpha value is -3.00. The molecule has 3 rings (SSSR count). The number of rotatable bonds is 7. The predicted octanol–water partition coefficient (Wildman–Crippen LogP) is 4.74. The molecule has 0 bridgehead atoms. The zero-order valence-electron chi connectivity index (χ0n) is 14.3. The zero-order chi connectivity index (χ0) is 19.2. The summed E-state index contributed by atoms with van der Waals surface area (Å²) in [6.07, 6.45) is 0. The lowest BCUT2D eigenvalue weighted by Crippen LogP contribution is -2.20. The molecule has 140 valence electrons. The minimum Gasteiger partial charge on any atom is -0.484 e. The lowest BCUT2D eigenvalue weighted by Gasteiger charge is -2.08. The lowest BCUT2D eigenvalue weighted by atomic mass is 10.1. The van der Waals surface area contributed by atoms with Crippen LogP contribution in [0.5, 0.6) is 11.5 Å². The molecule has 1 heterocycles. The quantitative estimate of drug-likeness (QED) is 0.633. The van der Waals surface area contributed by atoms with Crippen molar-refractivity contribution in [2.75, 3.05) is 11.9 Å². The summed E-state index contributed by atoms with van der Waals surface area (Å²) in [5, 5.41) is 4.63. The average Bonchev–Trinajstić information content (AvgIpc) is 3.08. The van der Waals surface area contributed by atoms with Crippen LogP contribution in [0.25, 0.3) is 11.3 Å². The third-order valence-corrected chi connectivity index (χ3v) is 4.25. The number of thiazole rings is 1. The first-order chi connectivity index (χ1) is 13.0. The van der Waals surface area contributed by atoms with E-state index in [1.54, 1.807) is 29.6 Å². The first-order valence-corrected chi connectivity index (χ1v) is 8.88. The second kappa shape index (κ2) is 8.59. The number of hydrogen-bond acceptors (Lipinski definition) is 5. The van der Waals surface area contributed by atoms with Crippen LogP contribution in [0.3, 0.4) is 0 Å². The van der Waals surface area contributed by atoms with Crippen LogP contribution in [-0.4, -0.2) is 24.1 Å². The Bertz CT molecular complexity index is 931. The lowest BCUT2D eigenvalue weighted by molar-refractivity contribution is -0.118. The number of nitrogens with one attached hydrogen (secondary N) is 1. The Morgan fingerprint density at radius 3 is 2.81 bits per heavy atom. The largest absolute Gasteiger partial charge is 0.484 e. The number of halogens is 2. The summed E-state index contributed by atoms with van der Waals surface area (Å²) in [5.74, 6) is 0.260. The first-order valence-electron chi connectivity index (χ1n) is 8.00. The molecule has 0 atom stereocenters. The number of carbonyl (C=O) groups excluding carboxylic acids is 1. The molecule has 0 saturated heterocycles. The highest BCUT2D eigenvalue weighted by Crippen LogP contribution is 2.32. The molecule has 0 aliphatic rings. The number of para-hydroxylation sites is 1. The van der Waals surface area contributed by atoms with Crippen LogP contribution in [0.1, 0.15) is 5.56 Å². The Labute approximate surface area is 158 Å². The van der Waals surface area contributed by atoms with Gasteiger partial charge in [0.25, 0.3) is 5.91 Å². The van der Waals surface area contributed by atoms with Gasteiger partial charge in [-0.05, 0) is 36.8 Å². The Kier molecular flexibility index (Phi) is 5.97. The van der Waals surface area contributed by atoms with Crippen molar-refractivity contribution in [3.63, 3.8) is 0 Å². The summed E-state index contributed by atoms with van der Waals surface area (Å²) in [7, 11) is 0. The maximum Gasteiger partial charge on any atom is 0.387 e. The molecule has 8 heteroatoms. The highest BCUT2D eigenvalue weighted by Gasteiger charge is 2.14.